The molecular weight excluding hydrogens is 362 g/mol. The van der Waals surface area contributed by atoms with Crippen LogP contribution in [0.5, 0.6) is 0 Å². The molecule has 1 aromatic heterocycles. The number of hydrazine groups is 1. The summed E-state index contributed by atoms with van der Waals surface area (Å²) in [6.07, 6.45) is 0. The molecule has 8 heteroatoms. The number of benzene rings is 1. The number of nitrogens with one attached hydrogen (secondary N) is 3. The first-order valence-corrected chi connectivity index (χ1v) is 8.85. The van der Waals surface area contributed by atoms with Crippen LogP contribution in [-0.4, -0.2) is 23.8 Å². The molecule has 0 radical (unpaired) electrons. The summed E-state index contributed by atoms with van der Waals surface area (Å²) in [5, 5.41) is 4.73. The van der Waals surface area contributed by atoms with E-state index in [9.17, 15) is 14.4 Å². The van der Waals surface area contributed by atoms with Crippen LogP contribution in [0, 0.1) is 5.92 Å². The van der Waals surface area contributed by atoms with E-state index < -0.39 is 17.9 Å². The molecule has 1 aromatic carbocycles. The summed E-state index contributed by atoms with van der Waals surface area (Å²) in [7, 11) is 0. The van der Waals surface area contributed by atoms with Crippen LogP contribution in [0.3, 0.4) is 0 Å². The van der Waals surface area contributed by atoms with E-state index in [1.54, 1.807) is 55.6 Å². The molecule has 1 heterocycles. The van der Waals surface area contributed by atoms with Crippen LogP contribution in [0.2, 0.25) is 5.02 Å². The molecular formula is C17H18ClN3O3S. The molecule has 132 valence electrons. The Bertz CT molecular complexity index is 762. The van der Waals surface area contributed by atoms with Crippen LogP contribution in [0.25, 0.3) is 0 Å². The average molecular weight is 380 g/mol. The number of amides is 3. The highest BCUT2D eigenvalue weighted by molar-refractivity contribution is 7.12. The van der Waals surface area contributed by atoms with E-state index >= 15 is 0 Å². The fourth-order valence-corrected chi connectivity index (χ4v) is 2.91. The minimum atomic E-state index is -0.791. The fraction of sp³-hybridized carbons (Fsp3) is 0.235. The third-order valence-electron chi connectivity index (χ3n) is 3.40. The van der Waals surface area contributed by atoms with Crippen molar-refractivity contribution in [1.82, 2.24) is 16.2 Å². The number of carbonyl (C=O) groups is 3. The molecule has 0 bridgehead atoms. The molecule has 0 saturated heterocycles. The Hall–Kier alpha value is -2.38. The van der Waals surface area contributed by atoms with Gasteiger partial charge in [0, 0.05) is 0 Å². The minimum absolute atomic E-state index is 0.166. The van der Waals surface area contributed by atoms with E-state index in [1.807, 2.05) is 0 Å². The fourth-order valence-electron chi connectivity index (χ4n) is 2.06. The van der Waals surface area contributed by atoms with E-state index in [-0.39, 0.29) is 22.4 Å². The van der Waals surface area contributed by atoms with Crippen LogP contribution in [0.4, 0.5) is 0 Å². The maximum Gasteiger partial charge on any atom is 0.271 e. The number of rotatable bonds is 5. The molecule has 0 fully saturated rings. The summed E-state index contributed by atoms with van der Waals surface area (Å²) in [6.45, 7) is 3.60. The van der Waals surface area contributed by atoms with Crippen LogP contribution in [0.15, 0.2) is 41.8 Å². The van der Waals surface area contributed by atoms with Gasteiger partial charge < -0.3 is 5.32 Å². The average Bonchev–Trinajstić information content (AvgIpc) is 3.12. The lowest BCUT2D eigenvalue weighted by atomic mass is 10.0. The zero-order valence-corrected chi connectivity index (χ0v) is 15.3. The Morgan fingerprint density at radius 1 is 1.00 bits per heavy atom. The van der Waals surface area contributed by atoms with E-state index in [4.69, 9.17) is 11.6 Å². The van der Waals surface area contributed by atoms with Gasteiger partial charge in [-0.15, -0.1) is 11.3 Å². The van der Waals surface area contributed by atoms with Crippen molar-refractivity contribution in [3.05, 3.63) is 57.2 Å². The molecule has 2 rings (SSSR count). The first kappa shape index (κ1) is 19.0. The van der Waals surface area contributed by atoms with Crippen LogP contribution in [0.1, 0.15) is 33.9 Å². The van der Waals surface area contributed by atoms with Crippen molar-refractivity contribution in [1.29, 1.82) is 0 Å². The van der Waals surface area contributed by atoms with Crippen LogP contribution >= 0.6 is 22.9 Å². The maximum absolute atomic E-state index is 12.3. The van der Waals surface area contributed by atoms with Crippen LogP contribution < -0.4 is 16.2 Å². The van der Waals surface area contributed by atoms with E-state index in [0.717, 1.165) is 0 Å². The smallest absolute Gasteiger partial charge is 0.271 e. The summed E-state index contributed by atoms with van der Waals surface area (Å²) >= 11 is 7.23. The molecule has 0 aliphatic carbocycles. The number of carbonyl (C=O) groups excluding carboxylic acids is 3. The standard InChI is InChI=1S/C17H18ClN3O3S/c1-10(2)14(19-16(23)13-8-5-9-25-13)17(24)21-20-15(22)11-6-3-4-7-12(11)18/h3-10,14H,1-2H3,(H,19,23)(H,20,22)(H,21,24). The second-order valence-electron chi connectivity index (χ2n) is 5.60. The number of thiophene rings is 1. The lowest BCUT2D eigenvalue weighted by Crippen LogP contribution is -2.54. The highest BCUT2D eigenvalue weighted by Crippen LogP contribution is 2.14. The Morgan fingerprint density at radius 3 is 2.32 bits per heavy atom. The zero-order chi connectivity index (χ0) is 18.4. The van der Waals surface area contributed by atoms with Gasteiger partial charge in [-0.3, -0.25) is 25.2 Å². The summed E-state index contributed by atoms with van der Waals surface area (Å²) in [5.41, 5.74) is 4.89. The number of hydrogen-bond acceptors (Lipinski definition) is 4. The summed E-state index contributed by atoms with van der Waals surface area (Å²) in [6, 6.07) is 9.13. The third kappa shape index (κ3) is 5.04. The highest BCUT2D eigenvalue weighted by Gasteiger charge is 2.25. The second kappa shape index (κ2) is 8.64. The van der Waals surface area contributed by atoms with Gasteiger partial charge in [-0.1, -0.05) is 43.6 Å². The van der Waals surface area contributed by atoms with Gasteiger partial charge in [-0.25, -0.2) is 0 Å². The lowest BCUT2D eigenvalue weighted by Gasteiger charge is -2.21. The molecule has 0 spiro atoms. The predicted molar refractivity (Wildman–Crippen MR) is 97.5 cm³/mol. The zero-order valence-electron chi connectivity index (χ0n) is 13.7. The molecule has 1 unspecified atom stereocenters. The first-order valence-electron chi connectivity index (χ1n) is 7.59. The van der Waals surface area contributed by atoms with Crippen molar-refractivity contribution < 1.29 is 14.4 Å². The monoisotopic (exact) mass is 379 g/mol. The van der Waals surface area contributed by atoms with E-state index in [1.165, 1.54) is 11.3 Å². The van der Waals surface area contributed by atoms with Gasteiger partial charge in [0.2, 0.25) is 0 Å². The molecule has 0 aliphatic rings. The van der Waals surface area contributed by atoms with Crippen molar-refractivity contribution in [3.63, 3.8) is 0 Å². The Kier molecular flexibility index (Phi) is 6.55. The SMILES string of the molecule is CC(C)C(NC(=O)c1cccs1)C(=O)NNC(=O)c1ccccc1Cl. The van der Waals surface area contributed by atoms with Gasteiger partial charge in [0.1, 0.15) is 6.04 Å². The Morgan fingerprint density at radius 2 is 1.72 bits per heavy atom. The molecule has 0 aliphatic heterocycles. The summed E-state index contributed by atoms with van der Waals surface area (Å²) in [4.78, 5) is 37.1. The van der Waals surface area contributed by atoms with Gasteiger partial charge in [0.15, 0.2) is 0 Å². The van der Waals surface area contributed by atoms with Crippen LogP contribution in [-0.2, 0) is 4.79 Å². The molecule has 0 saturated carbocycles. The molecule has 1 atom stereocenters. The van der Waals surface area contributed by atoms with Crippen molar-refractivity contribution in [3.8, 4) is 0 Å². The summed E-state index contributed by atoms with van der Waals surface area (Å²) < 4.78 is 0. The van der Waals surface area contributed by atoms with Gasteiger partial charge >= 0.3 is 0 Å². The van der Waals surface area contributed by atoms with Gasteiger partial charge in [0.05, 0.1) is 15.5 Å². The predicted octanol–water partition coefficient (Wildman–Crippen LogP) is 2.62. The number of halogens is 1. The van der Waals surface area contributed by atoms with Crippen molar-refractivity contribution in [2.45, 2.75) is 19.9 Å². The second-order valence-corrected chi connectivity index (χ2v) is 6.95. The van der Waals surface area contributed by atoms with Crippen molar-refractivity contribution in [2.24, 2.45) is 5.92 Å². The normalized spacial score (nSPS) is 11.7. The largest absolute Gasteiger partial charge is 0.339 e. The summed E-state index contributed by atoms with van der Waals surface area (Å²) in [5.74, 6) is -1.55. The molecule has 6 nitrogen and oxygen atoms in total. The molecule has 3 amide bonds. The van der Waals surface area contributed by atoms with Gasteiger partial charge in [-0.05, 0) is 29.5 Å². The molecule has 3 N–H and O–H groups in total. The third-order valence-corrected chi connectivity index (χ3v) is 4.60. The van der Waals surface area contributed by atoms with Gasteiger partial charge in [-0.2, -0.15) is 0 Å². The highest BCUT2D eigenvalue weighted by atomic mass is 35.5. The Balaban J connectivity index is 1.97. The van der Waals surface area contributed by atoms with E-state index in [0.29, 0.717) is 4.88 Å². The first-order chi connectivity index (χ1) is 11.9. The van der Waals surface area contributed by atoms with Crippen molar-refractivity contribution >= 4 is 40.7 Å². The number of hydrogen-bond donors (Lipinski definition) is 3. The molecule has 25 heavy (non-hydrogen) atoms. The van der Waals surface area contributed by atoms with E-state index in [2.05, 4.69) is 16.2 Å². The van der Waals surface area contributed by atoms with Crippen molar-refractivity contribution in [2.75, 3.05) is 0 Å². The quantitative estimate of drug-likeness (QED) is 0.698. The lowest BCUT2D eigenvalue weighted by molar-refractivity contribution is -0.124. The minimum Gasteiger partial charge on any atom is -0.339 e. The molecule has 2 aromatic rings. The Labute approximate surface area is 154 Å². The van der Waals surface area contributed by atoms with Gasteiger partial charge in [0.25, 0.3) is 17.7 Å². The maximum atomic E-state index is 12.3. The topological polar surface area (TPSA) is 87.3 Å².